The Labute approximate surface area is 176 Å². The Morgan fingerprint density at radius 1 is 1.31 bits per heavy atom. The van der Waals surface area contributed by atoms with E-state index in [0.717, 1.165) is 56.7 Å². The van der Waals surface area contributed by atoms with E-state index in [-0.39, 0.29) is 6.10 Å². The molecule has 0 aromatic carbocycles. The third kappa shape index (κ3) is 7.82. The van der Waals surface area contributed by atoms with Crippen molar-refractivity contribution in [3.8, 4) is 0 Å². The third-order valence-corrected chi connectivity index (χ3v) is 5.13. The highest BCUT2D eigenvalue weighted by molar-refractivity contribution is 5.79. The second-order valence-electron chi connectivity index (χ2n) is 8.20. The number of anilines is 1. The van der Waals surface area contributed by atoms with Crippen molar-refractivity contribution in [2.45, 2.75) is 66.3 Å². The maximum Gasteiger partial charge on any atom is 0.191 e. The predicted molar refractivity (Wildman–Crippen MR) is 122 cm³/mol. The molecule has 1 saturated heterocycles. The molecule has 0 amide bonds. The van der Waals surface area contributed by atoms with Gasteiger partial charge in [-0.3, -0.25) is 4.90 Å². The van der Waals surface area contributed by atoms with E-state index in [9.17, 15) is 0 Å². The van der Waals surface area contributed by atoms with Gasteiger partial charge in [0.2, 0.25) is 0 Å². The van der Waals surface area contributed by atoms with E-state index in [1.54, 1.807) is 0 Å². The summed E-state index contributed by atoms with van der Waals surface area (Å²) in [5, 5.41) is 6.82. The lowest BCUT2D eigenvalue weighted by molar-refractivity contribution is 0.0529. The first kappa shape index (κ1) is 23.4. The number of hydrogen-bond acceptors (Lipinski definition) is 5. The summed E-state index contributed by atoms with van der Waals surface area (Å²) in [6.45, 7) is 19.0. The van der Waals surface area contributed by atoms with Crippen molar-refractivity contribution in [2.75, 3.05) is 44.2 Å². The minimum Gasteiger partial charge on any atom is -0.375 e. The Hall–Kier alpha value is -1.86. The average molecular weight is 405 g/mol. The van der Waals surface area contributed by atoms with Crippen LogP contribution in [0.2, 0.25) is 0 Å². The van der Waals surface area contributed by atoms with E-state index < -0.39 is 0 Å². The highest BCUT2D eigenvalue weighted by Crippen LogP contribution is 2.17. The maximum absolute atomic E-state index is 5.64. The van der Waals surface area contributed by atoms with E-state index in [4.69, 9.17) is 9.73 Å². The molecule has 1 aliphatic rings. The summed E-state index contributed by atoms with van der Waals surface area (Å²) in [6, 6.07) is 5.26. The highest BCUT2D eigenvalue weighted by atomic mass is 16.5. The van der Waals surface area contributed by atoms with Crippen LogP contribution in [0.1, 0.15) is 47.1 Å². The van der Waals surface area contributed by atoms with Crippen LogP contribution >= 0.6 is 0 Å². The fourth-order valence-electron chi connectivity index (χ4n) is 3.69. The molecule has 7 heteroatoms. The summed E-state index contributed by atoms with van der Waals surface area (Å²) in [7, 11) is 0. The van der Waals surface area contributed by atoms with Gasteiger partial charge in [-0.05, 0) is 59.2 Å². The number of pyridine rings is 1. The minimum atomic E-state index is 0.244. The number of aromatic nitrogens is 1. The van der Waals surface area contributed by atoms with Crippen LogP contribution in [0.4, 0.5) is 5.82 Å². The lowest BCUT2D eigenvalue weighted by atomic mass is 10.2. The number of nitrogens with zero attached hydrogens (tertiary/aromatic N) is 4. The summed E-state index contributed by atoms with van der Waals surface area (Å²) >= 11 is 0. The molecule has 0 bridgehead atoms. The van der Waals surface area contributed by atoms with Crippen LogP contribution in [-0.4, -0.2) is 73.4 Å². The normalized spacial score (nSPS) is 18.0. The van der Waals surface area contributed by atoms with Crippen molar-refractivity contribution in [3.63, 3.8) is 0 Å². The molecule has 1 aromatic rings. The summed E-state index contributed by atoms with van der Waals surface area (Å²) in [6.07, 6.45) is 2.12. The lowest BCUT2D eigenvalue weighted by Gasteiger charge is -2.32. The number of rotatable bonds is 9. The summed E-state index contributed by atoms with van der Waals surface area (Å²) in [5.41, 5.74) is 1.16. The summed E-state index contributed by atoms with van der Waals surface area (Å²) in [5.74, 6) is 1.87. The number of ether oxygens (including phenoxy) is 1. The van der Waals surface area contributed by atoms with Gasteiger partial charge in [0.25, 0.3) is 0 Å². The van der Waals surface area contributed by atoms with E-state index in [1.165, 1.54) is 0 Å². The predicted octanol–water partition coefficient (Wildman–Crippen LogP) is 2.48. The molecule has 1 unspecified atom stereocenters. The zero-order valence-corrected chi connectivity index (χ0v) is 19.1. The topological polar surface area (TPSA) is 65.0 Å². The van der Waals surface area contributed by atoms with Gasteiger partial charge in [0.1, 0.15) is 5.82 Å². The number of morpholine rings is 1. The SMILES string of the molecule is CCNC(=NCc1ccnc(N2CCOC(C)C2)c1)NCCN(C(C)C)C(C)C. The Morgan fingerprint density at radius 2 is 2.07 bits per heavy atom. The molecule has 2 heterocycles. The van der Waals surface area contributed by atoms with Crippen molar-refractivity contribution < 1.29 is 4.74 Å². The van der Waals surface area contributed by atoms with Crippen molar-refractivity contribution >= 4 is 11.8 Å². The van der Waals surface area contributed by atoms with Gasteiger partial charge in [-0.25, -0.2) is 9.98 Å². The van der Waals surface area contributed by atoms with E-state index in [1.807, 2.05) is 12.3 Å². The van der Waals surface area contributed by atoms with Gasteiger partial charge in [0.05, 0.1) is 19.3 Å². The lowest BCUT2D eigenvalue weighted by Crippen LogP contribution is -2.45. The average Bonchev–Trinajstić information content (AvgIpc) is 2.69. The standard InChI is InChI=1S/C22H40N6O/c1-7-23-22(25-10-11-28(17(2)3)18(4)5)26-15-20-8-9-24-21(14-20)27-12-13-29-19(6)16-27/h8-9,14,17-19H,7,10-13,15-16H2,1-6H3,(H2,23,25,26). The maximum atomic E-state index is 5.64. The van der Waals surface area contributed by atoms with Crippen LogP contribution < -0.4 is 15.5 Å². The third-order valence-electron chi connectivity index (χ3n) is 5.13. The molecular weight excluding hydrogens is 364 g/mol. The van der Waals surface area contributed by atoms with Gasteiger partial charge < -0.3 is 20.3 Å². The summed E-state index contributed by atoms with van der Waals surface area (Å²) < 4.78 is 5.64. The van der Waals surface area contributed by atoms with Crippen LogP contribution in [0, 0.1) is 0 Å². The Morgan fingerprint density at radius 3 is 2.72 bits per heavy atom. The molecule has 1 aliphatic heterocycles. The molecule has 1 aromatic heterocycles. The van der Waals surface area contributed by atoms with Gasteiger partial charge in [-0.15, -0.1) is 0 Å². The summed E-state index contributed by atoms with van der Waals surface area (Å²) in [4.78, 5) is 14.1. The van der Waals surface area contributed by atoms with Crippen molar-refractivity contribution in [3.05, 3.63) is 23.9 Å². The van der Waals surface area contributed by atoms with Crippen LogP contribution in [0.3, 0.4) is 0 Å². The Kier molecular flexibility index (Phi) is 9.67. The second kappa shape index (κ2) is 12.0. The molecule has 29 heavy (non-hydrogen) atoms. The monoisotopic (exact) mass is 404 g/mol. The van der Waals surface area contributed by atoms with Crippen LogP contribution in [-0.2, 0) is 11.3 Å². The van der Waals surface area contributed by atoms with Crippen molar-refractivity contribution in [1.29, 1.82) is 0 Å². The highest BCUT2D eigenvalue weighted by Gasteiger charge is 2.18. The molecule has 1 atom stereocenters. The van der Waals surface area contributed by atoms with E-state index in [0.29, 0.717) is 18.6 Å². The fourth-order valence-corrected chi connectivity index (χ4v) is 3.69. The largest absolute Gasteiger partial charge is 0.375 e. The molecule has 164 valence electrons. The fraction of sp³-hybridized carbons (Fsp3) is 0.727. The number of hydrogen-bond donors (Lipinski definition) is 2. The quantitative estimate of drug-likeness (QED) is 0.487. The van der Waals surface area contributed by atoms with Crippen LogP contribution in [0.15, 0.2) is 23.3 Å². The molecule has 0 saturated carbocycles. The minimum absolute atomic E-state index is 0.244. The van der Waals surface area contributed by atoms with Crippen LogP contribution in [0.5, 0.6) is 0 Å². The van der Waals surface area contributed by atoms with Gasteiger partial charge in [-0.1, -0.05) is 0 Å². The first-order valence-electron chi connectivity index (χ1n) is 11.0. The van der Waals surface area contributed by atoms with Gasteiger partial charge in [-0.2, -0.15) is 0 Å². The smallest absolute Gasteiger partial charge is 0.191 e. The number of guanidine groups is 1. The van der Waals surface area contributed by atoms with Gasteiger partial charge in [0.15, 0.2) is 5.96 Å². The van der Waals surface area contributed by atoms with E-state index >= 15 is 0 Å². The molecule has 2 rings (SSSR count). The van der Waals surface area contributed by atoms with Gasteiger partial charge in [0, 0.05) is 51.0 Å². The Balaban J connectivity index is 1.94. The van der Waals surface area contributed by atoms with Crippen molar-refractivity contribution in [2.24, 2.45) is 4.99 Å². The molecule has 0 aliphatic carbocycles. The van der Waals surface area contributed by atoms with E-state index in [2.05, 4.69) is 73.0 Å². The van der Waals surface area contributed by atoms with Crippen molar-refractivity contribution in [1.82, 2.24) is 20.5 Å². The second-order valence-corrected chi connectivity index (χ2v) is 8.20. The number of nitrogens with one attached hydrogen (secondary N) is 2. The van der Waals surface area contributed by atoms with Crippen LogP contribution in [0.25, 0.3) is 0 Å². The first-order chi connectivity index (χ1) is 13.9. The zero-order chi connectivity index (χ0) is 21.2. The molecule has 7 nitrogen and oxygen atoms in total. The molecule has 0 spiro atoms. The number of aliphatic imine (C=N–C) groups is 1. The Bertz CT molecular complexity index is 625. The zero-order valence-electron chi connectivity index (χ0n) is 19.1. The molecular formula is C22H40N6O. The first-order valence-corrected chi connectivity index (χ1v) is 11.0. The molecule has 1 fully saturated rings. The molecule has 0 radical (unpaired) electrons. The molecule has 2 N–H and O–H groups in total. The van der Waals surface area contributed by atoms with Gasteiger partial charge >= 0.3 is 0 Å².